The molecule has 1 saturated heterocycles. The molecule has 3 rings (SSSR count). The molecule has 0 radical (unpaired) electrons. The number of aromatic nitrogens is 2. The molecule has 0 atom stereocenters. The van der Waals surface area contributed by atoms with E-state index in [2.05, 4.69) is 9.97 Å². The summed E-state index contributed by atoms with van der Waals surface area (Å²) < 4.78 is 50.0. The molecule has 1 aliphatic heterocycles. The van der Waals surface area contributed by atoms with E-state index in [0.29, 0.717) is 35.8 Å². The zero-order chi connectivity index (χ0) is 17.3. The Kier molecular flexibility index (Phi) is 4.38. The first-order valence-corrected chi connectivity index (χ1v) is 7.70. The zero-order valence-electron chi connectivity index (χ0n) is 13.5. The van der Waals surface area contributed by atoms with Crippen molar-refractivity contribution in [2.45, 2.75) is 25.4 Å². The van der Waals surface area contributed by atoms with Gasteiger partial charge in [0.2, 0.25) is 5.82 Å². The average Bonchev–Trinajstić information content (AvgIpc) is 2.59. The molecule has 24 heavy (non-hydrogen) atoms. The number of hydrogen-bond donors (Lipinski definition) is 0. The van der Waals surface area contributed by atoms with Crippen molar-refractivity contribution in [2.75, 3.05) is 32.2 Å². The van der Waals surface area contributed by atoms with E-state index in [4.69, 9.17) is 9.47 Å². The highest BCUT2D eigenvalue weighted by Crippen LogP contribution is 2.38. The first-order valence-electron chi connectivity index (χ1n) is 7.70. The normalized spacial score (nSPS) is 15.6. The summed E-state index contributed by atoms with van der Waals surface area (Å²) in [5, 5.41) is 0.530. The van der Waals surface area contributed by atoms with Crippen molar-refractivity contribution in [3.63, 3.8) is 0 Å². The van der Waals surface area contributed by atoms with Gasteiger partial charge in [-0.05, 0) is 25.3 Å². The lowest BCUT2D eigenvalue weighted by Gasteiger charge is -2.29. The van der Waals surface area contributed by atoms with Crippen LogP contribution in [0.2, 0.25) is 0 Å². The van der Waals surface area contributed by atoms with Crippen molar-refractivity contribution in [1.29, 1.82) is 0 Å². The highest BCUT2D eigenvalue weighted by molar-refractivity contribution is 5.92. The van der Waals surface area contributed by atoms with Crippen molar-refractivity contribution in [3.05, 3.63) is 18.0 Å². The van der Waals surface area contributed by atoms with Gasteiger partial charge >= 0.3 is 6.18 Å². The SMILES string of the molecule is COc1cc2nc(C(F)(F)F)nc(N3CCCCC3)c2cc1OC. The van der Waals surface area contributed by atoms with Crippen LogP contribution in [0.15, 0.2) is 12.1 Å². The Morgan fingerprint density at radius 1 is 0.958 bits per heavy atom. The Morgan fingerprint density at radius 3 is 2.17 bits per heavy atom. The number of anilines is 1. The molecule has 1 aliphatic rings. The van der Waals surface area contributed by atoms with Crippen molar-refractivity contribution in [2.24, 2.45) is 0 Å². The maximum atomic E-state index is 13.2. The van der Waals surface area contributed by atoms with Crippen LogP contribution in [0.3, 0.4) is 0 Å². The van der Waals surface area contributed by atoms with Crippen LogP contribution in [-0.2, 0) is 6.18 Å². The Hall–Kier alpha value is -2.25. The van der Waals surface area contributed by atoms with Gasteiger partial charge in [-0.25, -0.2) is 9.97 Å². The van der Waals surface area contributed by atoms with Gasteiger partial charge in [-0.1, -0.05) is 0 Å². The van der Waals surface area contributed by atoms with Crippen molar-refractivity contribution >= 4 is 16.7 Å². The summed E-state index contributed by atoms with van der Waals surface area (Å²) in [5.74, 6) is -0.0659. The molecule has 130 valence electrons. The third kappa shape index (κ3) is 3.05. The molecular weight excluding hydrogens is 323 g/mol. The number of nitrogens with zero attached hydrogens (tertiary/aromatic N) is 3. The van der Waals surface area contributed by atoms with E-state index < -0.39 is 12.0 Å². The van der Waals surface area contributed by atoms with E-state index >= 15 is 0 Å². The molecule has 0 aliphatic carbocycles. The van der Waals surface area contributed by atoms with Crippen LogP contribution >= 0.6 is 0 Å². The van der Waals surface area contributed by atoms with E-state index in [1.54, 1.807) is 6.07 Å². The lowest BCUT2D eigenvalue weighted by Crippen LogP contribution is -2.31. The van der Waals surface area contributed by atoms with E-state index in [1.165, 1.54) is 20.3 Å². The minimum absolute atomic E-state index is 0.190. The molecule has 0 saturated carbocycles. The van der Waals surface area contributed by atoms with Crippen molar-refractivity contribution in [3.8, 4) is 11.5 Å². The summed E-state index contributed by atoms with van der Waals surface area (Å²) in [7, 11) is 2.91. The smallest absolute Gasteiger partial charge is 0.451 e. The van der Waals surface area contributed by atoms with Gasteiger partial charge in [-0.2, -0.15) is 13.2 Å². The molecule has 8 heteroatoms. The number of rotatable bonds is 3. The average molecular weight is 341 g/mol. The maximum Gasteiger partial charge on any atom is 0.451 e. The predicted molar refractivity (Wildman–Crippen MR) is 83.7 cm³/mol. The van der Waals surface area contributed by atoms with Crippen LogP contribution in [0.25, 0.3) is 10.9 Å². The molecule has 0 amide bonds. The third-order valence-electron chi connectivity index (χ3n) is 4.09. The van der Waals surface area contributed by atoms with Crippen molar-refractivity contribution < 1.29 is 22.6 Å². The molecule has 1 aromatic carbocycles. The summed E-state index contributed by atoms with van der Waals surface area (Å²) in [4.78, 5) is 9.39. The minimum atomic E-state index is -4.61. The Morgan fingerprint density at radius 2 is 1.58 bits per heavy atom. The topological polar surface area (TPSA) is 47.5 Å². The fourth-order valence-electron chi connectivity index (χ4n) is 2.91. The fraction of sp³-hybridized carbons (Fsp3) is 0.500. The second-order valence-electron chi connectivity index (χ2n) is 5.64. The standard InChI is InChI=1S/C16H18F3N3O2/c1-23-12-8-10-11(9-13(12)24-2)20-15(16(17,18)19)21-14(10)22-6-4-3-5-7-22/h8-9H,3-7H2,1-2H3. The molecule has 0 spiro atoms. The number of benzene rings is 1. The third-order valence-corrected chi connectivity index (χ3v) is 4.09. The lowest BCUT2D eigenvalue weighted by atomic mass is 10.1. The van der Waals surface area contributed by atoms with Gasteiger partial charge < -0.3 is 14.4 Å². The number of hydrogen-bond acceptors (Lipinski definition) is 5. The number of ether oxygens (including phenoxy) is 2. The molecule has 1 aromatic heterocycles. The van der Waals surface area contributed by atoms with Gasteiger partial charge in [0, 0.05) is 24.5 Å². The maximum absolute atomic E-state index is 13.2. The van der Waals surface area contributed by atoms with Gasteiger partial charge in [0.25, 0.3) is 0 Å². The molecule has 1 fully saturated rings. The van der Waals surface area contributed by atoms with Crippen LogP contribution in [0.1, 0.15) is 25.1 Å². The van der Waals surface area contributed by atoms with Gasteiger partial charge in [0.1, 0.15) is 5.82 Å². The van der Waals surface area contributed by atoms with Crippen LogP contribution in [0, 0.1) is 0 Å². The van der Waals surface area contributed by atoms with Gasteiger partial charge in [0.05, 0.1) is 19.7 Å². The Labute approximate surface area is 137 Å². The molecule has 0 bridgehead atoms. The van der Waals surface area contributed by atoms with E-state index in [9.17, 15) is 13.2 Å². The largest absolute Gasteiger partial charge is 0.493 e. The van der Waals surface area contributed by atoms with Gasteiger partial charge in [0.15, 0.2) is 11.5 Å². The molecule has 2 aromatic rings. The summed E-state index contributed by atoms with van der Waals surface area (Å²) in [6.07, 6.45) is -1.67. The number of piperidine rings is 1. The first-order chi connectivity index (χ1) is 11.4. The lowest BCUT2D eigenvalue weighted by molar-refractivity contribution is -0.144. The van der Waals surface area contributed by atoms with Crippen LogP contribution in [0.4, 0.5) is 19.0 Å². The number of halogens is 3. The van der Waals surface area contributed by atoms with E-state index in [-0.39, 0.29) is 5.52 Å². The van der Waals surface area contributed by atoms with Crippen LogP contribution in [0.5, 0.6) is 11.5 Å². The molecular formula is C16H18F3N3O2. The van der Waals surface area contributed by atoms with E-state index in [1.807, 2.05) is 4.90 Å². The van der Waals surface area contributed by atoms with Crippen LogP contribution in [-0.4, -0.2) is 37.3 Å². The Balaban J connectivity index is 2.24. The quantitative estimate of drug-likeness (QED) is 0.853. The monoisotopic (exact) mass is 341 g/mol. The second kappa shape index (κ2) is 6.33. The minimum Gasteiger partial charge on any atom is -0.493 e. The fourth-order valence-corrected chi connectivity index (χ4v) is 2.91. The molecule has 5 nitrogen and oxygen atoms in total. The molecule has 2 heterocycles. The molecule has 0 unspecified atom stereocenters. The van der Waals surface area contributed by atoms with Gasteiger partial charge in [-0.15, -0.1) is 0 Å². The summed E-state index contributed by atoms with van der Waals surface area (Å²) in [6.45, 7) is 1.36. The van der Waals surface area contributed by atoms with Gasteiger partial charge in [-0.3, -0.25) is 0 Å². The molecule has 0 N–H and O–H groups in total. The summed E-state index contributed by atoms with van der Waals surface area (Å²) in [5.41, 5.74) is 0.190. The predicted octanol–water partition coefficient (Wildman–Crippen LogP) is 3.66. The number of alkyl halides is 3. The number of fused-ring (bicyclic) bond motifs is 1. The summed E-state index contributed by atoms with van der Waals surface area (Å²) in [6, 6.07) is 3.09. The van der Waals surface area contributed by atoms with Crippen molar-refractivity contribution in [1.82, 2.24) is 9.97 Å². The number of methoxy groups -OCH3 is 2. The van der Waals surface area contributed by atoms with E-state index in [0.717, 1.165) is 19.3 Å². The summed E-state index contributed by atoms with van der Waals surface area (Å²) >= 11 is 0. The van der Waals surface area contributed by atoms with Crippen LogP contribution < -0.4 is 14.4 Å². The highest BCUT2D eigenvalue weighted by Gasteiger charge is 2.36. The zero-order valence-corrected chi connectivity index (χ0v) is 13.5. The second-order valence-corrected chi connectivity index (χ2v) is 5.64. The first kappa shape index (κ1) is 16.6. The highest BCUT2D eigenvalue weighted by atomic mass is 19.4. The Bertz CT molecular complexity index is 743.